The second-order valence-corrected chi connectivity index (χ2v) is 6.22. The summed E-state index contributed by atoms with van der Waals surface area (Å²) in [5.41, 5.74) is -0.151. The average Bonchev–Trinajstić information content (AvgIpc) is 2.54. The van der Waals surface area contributed by atoms with Gasteiger partial charge in [-0.25, -0.2) is 4.79 Å². The monoisotopic (exact) mass is 331 g/mol. The molecule has 0 unspecified atom stereocenters. The molecule has 2 aromatic rings. The van der Waals surface area contributed by atoms with Crippen LogP contribution < -0.4 is 5.43 Å². The Morgan fingerprint density at radius 1 is 1.29 bits per heavy atom. The second kappa shape index (κ2) is 6.82. The summed E-state index contributed by atoms with van der Waals surface area (Å²) in [5.74, 6) is -1.69. The lowest BCUT2D eigenvalue weighted by Gasteiger charge is -2.25. The number of aliphatic carboxylic acids is 1. The van der Waals surface area contributed by atoms with Gasteiger partial charge in [0.05, 0.1) is 5.52 Å². The topological polar surface area (TPSA) is 92.5 Å². The van der Waals surface area contributed by atoms with E-state index in [0.717, 1.165) is 4.90 Å². The maximum atomic E-state index is 12.7. The summed E-state index contributed by atoms with van der Waals surface area (Å²) in [7, 11) is 3.03. The Morgan fingerprint density at radius 3 is 2.50 bits per heavy atom. The molecular weight excluding hydrogens is 310 g/mol. The number of para-hydroxylation sites is 1. The normalized spacial score (nSPS) is 12.4. The van der Waals surface area contributed by atoms with Gasteiger partial charge in [-0.3, -0.25) is 14.3 Å². The molecule has 0 aliphatic rings. The standard InChI is InChI=1S/C17H21N3O4/c1-10(2)9-13(17(23)24)19(3)16(22)14-15(21)11-7-5-6-8-12(11)20(4)18-14/h5-8,10,13H,9H2,1-4H3,(H,23,24)/t13-/m0/s1. The first-order chi connectivity index (χ1) is 11.2. The highest BCUT2D eigenvalue weighted by atomic mass is 16.4. The van der Waals surface area contributed by atoms with Gasteiger partial charge >= 0.3 is 5.97 Å². The highest BCUT2D eigenvalue weighted by Gasteiger charge is 2.30. The zero-order chi connectivity index (χ0) is 18.0. The van der Waals surface area contributed by atoms with E-state index < -0.39 is 23.3 Å². The fourth-order valence-electron chi connectivity index (χ4n) is 2.64. The summed E-state index contributed by atoms with van der Waals surface area (Å²) >= 11 is 0. The number of fused-ring (bicyclic) bond motifs is 1. The Labute approximate surface area is 139 Å². The van der Waals surface area contributed by atoms with E-state index in [9.17, 15) is 19.5 Å². The molecule has 1 heterocycles. The second-order valence-electron chi connectivity index (χ2n) is 6.22. The lowest BCUT2D eigenvalue weighted by Crippen LogP contribution is -2.45. The van der Waals surface area contributed by atoms with Gasteiger partial charge in [-0.15, -0.1) is 0 Å². The van der Waals surface area contributed by atoms with E-state index in [1.807, 2.05) is 13.8 Å². The minimum absolute atomic E-state index is 0.0914. The highest BCUT2D eigenvalue weighted by molar-refractivity contribution is 5.97. The first-order valence-electron chi connectivity index (χ1n) is 7.70. The number of carboxylic acid groups (broad SMARTS) is 1. The van der Waals surface area contributed by atoms with Gasteiger partial charge in [0.1, 0.15) is 6.04 Å². The molecule has 0 fully saturated rings. The summed E-state index contributed by atoms with van der Waals surface area (Å²) in [6.45, 7) is 3.75. The van der Waals surface area contributed by atoms with Crippen LogP contribution in [0.25, 0.3) is 10.9 Å². The molecule has 128 valence electrons. The van der Waals surface area contributed by atoms with E-state index in [0.29, 0.717) is 17.3 Å². The minimum Gasteiger partial charge on any atom is -0.480 e. The molecule has 1 N–H and O–H groups in total. The minimum atomic E-state index is -1.10. The molecule has 2 rings (SSSR count). The number of likely N-dealkylation sites (N-methyl/N-ethyl adjacent to an activating group) is 1. The number of hydrogen-bond acceptors (Lipinski definition) is 4. The van der Waals surface area contributed by atoms with Crippen LogP contribution in [-0.4, -0.2) is 44.8 Å². The molecular formula is C17H21N3O4. The summed E-state index contributed by atoms with van der Waals surface area (Å²) in [4.78, 5) is 37.8. The summed E-state index contributed by atoms with van der Waals surface area (Å²) < 4.78 is 1.45. The molecule has 0 saturated heterocycles. The van der Waals surface area contributed by atoms with Crippen molar-refractivity contribution in [2.75, 3.05) is 7.05 Å². The number of benzene rings is 1. The third-order valence-corrected chi connectivity index (χ3v) is 3.93. The molecule has 24 heavy (non-hydrogen) atoms. The van der Waals surface area contributed by atoms with Gasteiger partial charge < -0.3 is 10.0 Å². The van der Waals surface area contributed by atoms with Crippen LogP contribution in [0.2, 0.25) is 0 Å². The van der Waals surface area contributed by atoms with Crippen LogP contribution in [0.1, 0.15) is 30.8 Å². The zero-order valence-electron chi connectivity index (χ0n) is 14.2. The van der Waals surface area contributed by atoms with Crippen molar-refractivity contribution in [3.8, 4) is 0 Å². The maximum absolute atomic E-state index is 12.7. The molecule has 7 heteroatoms. The first kappa shape index (κ1) is 17.7. The van der Waals surface area contributed by atoms with Crippen LogP contribution in [0.5, 0.6) is 0 Å². The molecule has 0 saturated carbocycles. The number of amides is 1. The number of nitrogens with zero attached hydrogens (tertiary/aromatic N) is 3. The van der Waals surface area contributed by atoms with Crippen LogP contribution in [0.3, 0.4) is 0 Å². The number of carbonyl (C=O) groups is 2. The van der Waals surface area contributed by atoms with E-state index >= 15 is 0 Å². The number of rotatable bonds is 5. The summed E-state index contributed by atoms with van der Waals surface area (Å²) in [6.07, 6.45) is 0.297. The Bertz CT molecular complexity index is 841. The van der Waals surface area contributed by atoms with Crippen molar-refractivity contribution in [2.24, 2.45) is 13.0 Å². The van der Waals surface area contributed by atoms with Crippen molar-refractivity contribution >= 4 is 22.8 Å². The Balaban J connectivity index is 2.49. The fourth-order valence-corrected chi connectivity index (χ4v) is 2.64. The molecule has 0 aliphatic heterocycles. The van der Waals surface area contributed by atoms with Gasteiger partial charge in [0.2, 0.25) is 5.43 Å². The van der Waals surface area contributed by atoms with Crippen molar-refractivity contribution in [3.05, 3.63) is 40.2 Å². The van der Waals surface area contributed by atoms with E-state index in [4.69, 9.17) is 0 Å². The molecule has 0 spiro atoms. The van der Waals surface area contributed by atoms with Gasteiger partial charge in [0.15, 0.2) is 5.69 Å². The maximum Gasteiger partial charge on any atom is 0.326 e. The number of hydrogen-bond donors (Lipinski definition) is 1. The van der Waals surface area contributed by atoms with Crippen LogP contribution in [0.4, 0.5) is 0 Å². The summed E-state index contributed by atoms with van der Waals surface area (Å²) in [6, 6.07) is 5.84. The van der Waals surface area contributed by atoms with Crippen molar-refractivity contribution in [2.45, 2.75) is 26.3 Å². The quantitative estimate of drug-likeness (QED) is 0.896. The fraction of sp³-hybridized carbons (Fsp3) is 0.412. The zero-order valence-corrected chi connectivity index (χ0v) is 14.2. The van der Waals surface area contributed by atoms with Gasteiger partial charge in [0.25, 0.3) is 5.91 Å². The van der Waals surface area contributed by atoms with Gasteiger partial charge in [0, 0.05) is 19.5 Å². The van der Waals surface area contributed by atoms with Crippen LogP contribution >= 0.6 is 0 Å². The van der Waals surface area contributed by atoms with Gasteiger partial charge in [-0.1, -0.05) is 26.0 Å². The van der Waals surface area contributed by atoms with Crippen molar-refractivity contribution in [1.29, 1.82) is 0 Å². The van der Waals surface area contributed by atoms with Gasteiger partial charge in [-0.2, -0.15) is 5.10 Å². The van der Waals surface area contributed by atoms with E-state index in [-0.39, 0.29) is 11.6 Å². The molecule has 0 aliphatic carbocycles. The lowest BCUT2D eigenvalue weighted by atomic mass is 10.0. The van der Waals surface area contributed by atoms with Gasteiger partial charge in [-0.05, 0) is 24.5 Å². The molecule has 7 nitrogen and oxygen atoms in total. The SMILES string of the molecule is CC(C)C[C@@H](C(=O)O)N(C)C(=O)c1nn(C)c2ccccc2c1=O. The average molecular weight is 331 g/mol. The predicted octanol–water partition coefficient (Wildman–Crippen LogP) is 1.50. The Kier molecular flexibility index (Phi) is 5.02. The third-order valence-electron chi connectivity index (χ3n) is 3.93. The van der Waals surface area contributed by atoms with Crippen LogP contribution in [0, 0.1) is 5.92 Å². The van der Waals surface area contributed by atoms with Crippen molar-refractivity contribution in [1.82, 2.24) is 14.7 Å². The molecule has 0 bridgehead atoms. The van der Waals surface area contributed by atoms with E-state index in [1.54, 1.807) is 31.3 Å². The molecule has 1 aromatic carbocycles. The molecule has 1 aromatic heterocycles. The van der Waals surface area contributed by atoms with E-state index in [2.05, 4.69) is 5.10 Å². The number of aryl methyl sites for hydroxylation is 1. The number of carboxylic acids is 1. The first-order valence-corrected chi connectivity index (χ1v) is 7.70. The van der Waals surface area contributed by atoms with Crippen molar-refractivity contribution < 1.29 is 14.7 Å². The Hall–Kier alpha value is -2.70. The third kappa shape index (κ3) is 3.29. The van der Waals surface area contributed by atoms with Crippen LogP contribution in [-0.2, 0) is 11.8 Å². The number of carbonyl (C=O) groups excluding carboxylic acids is 1. The van der Waals surface area contributed by atoms with Crippen molar-refractivity contribution in [3.63, 3.8) is 0 Å². The molecule has 0 radical (unpaired) electrons. The lowest BCUT2D eigenvalue weighted by molar-refractivity contribution is -0.142. The van der Waals surface area contributed by atoms with E-state index in [1.165, 1.54) is 11.7 Å². The van der Waals surface area contributed by atoms with Crippen LogP contribution in [0.15, 0.2) is 29.1 Å². The predicted molar refractivity (Wildman–Crippen MR) is 90.0 cm³/mol. The molecule has 1 amide bonds. The summed E-state index contributed by atoms with van der Waals surface area (Å²) in [5, 5.41) is 13.8. The highest BCUT2D eigenvalue weighted by Crippen LogP contribution is 2.14. The number of aromatic nitrogens is 2. The largest absolute Gasteiger partial charge is 0.480 e. The smallest absolute Gasteiger partial charge is 0.326 e. The molecule has 1 atom stereocenters. The Morgan fingerprint density at radius 2 is 1.92 bits per heavy atom.